The lowest BCUT2D eigenvalue weighted by Crippen LogP contribution is -2.34. The summed E-state index contributed by atoms with van der Waals surface area (Å²) in [6, 6.07) is 6.55. The van der Waals surface area contributed by atoms with E-state index in [0.29, 0.717) is 5.69 Å². The zero-order valence-electron chi connectivity index (χ0n) is 13.2. The third kappa shape index (κ3) is 3.39. The van der Waals surface area contributed by atoms with Crippen LogP contribution in [0, 0.1) is 17.7 Å². The lowest BCUT2D eigenvalue weighted by molar-refractivity contribution is -0.187. The van der Waals surface area contributed by atoms with Gasteiger partial charge in [-0.1, -0.05) is 0 Å². The van der Waals surface area contributed by atoms with Crippen LogP contribution in [0.2, 0.25) is 0 Å². The van der Waals surface area contributed by atoms with Gasteiger partial charge < -0.3 is 10.0 Å². The Labute approximate surface area is 144 Å². The van der Waals surface area contributed by atoms with E-state index in [0.717, 1.165) is 4.90 Å². The second-order valence-corrected chi connectivity index (χ2v) is 5.92. The first-order chi connectivity index (χ1) is 12.2. The molecule has 6 nitrogen and oxygen atoms in total. The van der Waals surface area contributed by atoms with Gasteiger partial charge in [-0.05, 0) is 30.3 Å². The molecule has 3 rings (SSSR count). The molecule has 0 bridgehead atoms. The van der Waals surface area contributed by atoms with E-state index in [1.165, 1.54) is 41.2 Å². The van der Waals surface area contributed by atoms with E-state index in [2.05, 4.69) is 5.10 Å². The Hall–Kier alpha value is -2.91. The van der Waals surface area contributed by atoms with Gasteiger partial charge in [0.1, 0.15) is 5.82 Å². The molecule has 0 saturated carbocycles. The number of benzene rings is 1. The summed E-state index contributed by atoms with van der Waals surface area (Å²) in [7, 11) is 0. The molecule has 0 aliphatic carbocycles. The maximum absolute atomic E-state index is 13.0. The van der Waals surface area contributed by atoms with Crippen molar-refractivity contribution in [3.8, 4) is 5.69 Å². The van der Waals surface area contributed by atoms with Crippen LogP contribution in [-0.2, 0) is 4.79 Å². The van der Waals surface area contributed by atoms with Crippen LogP contribution in [0.15, 0.2) is 36.5 Å². The summed E-state index contributed by atoms with van der Waals surface area (Å²) >= 11 is 0. The number of halogens is 4. The minimum atomic E-state index is -4.72. The molecule has 0 spiro atoms. The Balaban J connectivity index is 1.80. The molecule has 1 fully saturated rings. The monoisotopic (exact) mass is 371 g/mol. The van der Waals surface area contributed by atoms with Crippen molar-refractivity contribution in [2.24, 2.45) is 11.8 Å². The van der Waals surface area contributed by atoms with Gasteiger partial charge in [-0.2, -0.15) is 18.3 Å². The average Bonchev–Trinajstić information content (AvgIpc) is 3.22. The van der Waals surface area contributed by atoms with Gasteiger partial charge in [0.15, 0.2) is 5.69 Å². The van der Waals surface area contributed by atoms with Crippen molar-refractivity contribution < 1.29 is 32.3 Å². The number of likely N-dealkylation sites (tertiary alicyclic amines) is 1. The zero-order chi connectivity index (χ0) is 19.1. The zero-order valence-corrected chi connectivity index (χ0v) is 13.2. The summed E-state index contributed by atoms with van der Waals surface area (Å²) in [6.45, 7) is -1.27. The normalized spacial score (nSPS) is 20.4. The Morgan fingerprint density at radius 2 is 1.77 bits per heavy atom. The van der Waals surface area contributed by atoms with E-state index in [1.54, 1.807) is 0 Å². The topological polar surface area (TPSA) is 75.4 Å². The van der Waals surface area contributed by atoms with Crippen molar-refractivity contribution in [2.45, 2.75) is 6.18 Å². The first kappa shape index (κ1) is 17.9. The molecule has 1 aliphatic heterocycles. The molecule has 1 aliphatic rings. The van der Waals surface area contributed by atoms with Crippen molar-refractivity contribution >= 4 is 11.9 Å². The van der Waals surface area contributed by atoms with Gasteiger partial charge in [0.2, 0.25) is 0 Å². The molecule has 2 heterocycles. The van der Waals surface area contributed by atoms with Crippen molar-refractivity contribution in [3.63, 3.8) is 0 Å². The average molecular weight is 371 g/mol. The van der Waals surface area contributed by atoms with Gasteiger partial charge in [0.25, 0.3) is 5.91 Å². The number of hydrogen-bond donors (Lipinski definition) is 1. The quantitative estimate of drug-likeness (QED) is 0.841. The number of hydrogen-bond acceptors (Lipinski definition) is 3. The highest BCUT2D eigenvalue weighted by Crippen LogP contribution is 2.38. The van der Waals surface area contributed by atoms with Crippen LogP contribution < -0.4 is 0 Å². The lowest BCUT2D eigenvalue weighted by Gasteiger charge is -2.18. The predicted molar refractivity (Wildman–Crippen MR) is 80.1 cm³/mol. The number of carbonyl (C=O) groups excluding carboxylic acids is 1. The molecule has 1 saturated heterocycles. The molecule has 0 radical (unpaired) electrons. The number of aliphatic carboxylic acids is 1. The molecule has 2 aromatic rings. The second kappa shape index (κ2) is 6.43. The van der Waals surface area contributed by atoms with Crippen LogP contribution in [-0.4, -0.2) is 50.9 Å². The molecule has 138 valence electrons. The second-order valence-electron chi connectivity index (χ2n) is 5.92. The van der Waals surface area contributed by atoms with E-state index >= 15 is 0 Å². The SMILES string of the molecule is O=C(O)[C@@H]1CN(C(=O)c2ccn(-c3ccc(F)cc3)n2)C[C@H]1C(F)(F)F. The van der Waals surface area contributed by atoms with Crippen molar-refractivity contribution in [2.75, 3.05) is 13.1 Å². The fourth-order valence-electron chi connectivity index (χ4n) is 2.89. The van der Waals surface area contributed by atoms with Crippen LogP contribution in [0.25, 0.3) is 5.69 Å². The Morgan fingerprint density at radius 1 is 1.12 bits per heavy atom. The van der Waals surface area contributed by atoms with Gasteiger partial charge in [0.05, 0.1) is 17.5 Å². The highest BCUT2D eigenvalue weighted by Gasteiger charge is 2.53. The van der Waals surface area contributed by atoms with E-state index in [4.69, 9.17) is 5.11 Å². The fraction of sp³-hybridized carbons (Fsp3) is 0.312. The van der Waals surface area contributed by atoms with E-state index in [1.807, 2.05) is 0 Å². The summed E-state index contributed by atoms with van der Waals surface area (Å²) < 4.78 is 53.3. The standard InChI is InChI=1S/C16H13F4N3O3/c17-9-1-3-10(4-2-9)23-6-5-13(21-23)14(24)22-7-11(15(25)26)12(8-22)16(18,19)20/h1-6,11-12H,7-8H2,(H,25,26)/t11-,12-/m1/s1. The smallest absolute Gasteiger partial charge is 0.394 e. The van der Waals surface area contributed by atoms with Gasteiger partial charge in [-0.3, -0.25) is 9.59 Å². The molecular weight excluding hydrogens is 358 g/mol. The molecular formula is C16H13F4N3O3. The number of nitrogens with zero attached hydrogens (tertiary/aromatic N) is 3. The molecule has 26 heavy (non-hydrogen) atoms. The third-order valence-corrected chi connectivity index (χ3v) is 4.24. The van der Waals surface area contributed by atoms with E-state index in [-0.39, 0.29) is 5.69 Å². The van der Waals surface area contributed by atoms with Gasteiger partial charge in [0, 0.05) is 19.3 Å². The Bertz CT molecular complexity index is 832. The van der Waals surface area contributed by atoms with E-state index in [9.17, 15) is 27.2 Å². The molecule has 2 atom stereocenters. The molecule has 10 heteroatoms. The molecule has 0 unspecified atom stereocenters. The summed E-state index contributed by atoms with van der Waals surface area (Å²) in [6.07, 6.45) is -3.31. The molecule has 1 aromatic carbocycles. The highest BCUT2D eigenvalue weighted by atomic mass is 19.4. The molecule has 1 N–H and O–H groups in total. The summed E-state index contributed by atoms with van der Waals surface area (Å²) in [4.78, 5) is 24.3. The summed E-state index contributed by atoms with van der Waals surface area (Å²) in [5, 5.41) is 13.0. The van der Waals surface area contributed by atoms with Crippen LogP contribution in [0.4, 0.5) is 17.6 Å². The van der Waals surface area contributed by atoms with Crippen molar-refractivity contribution in [1.82, 2.24) is 14.7 Å². The number of carboxylic acid groups (broad SMARTS) is 1. The van der Waals surface area contributed by atoms with Crippen molar-refractivity contribution in [1.29, 1.82) is 0 Å². The van der Waals surface area contributed by atoms with Crippen molar-refractivity contribution in [3.05, 3.63) is 48.0 Å². The van der Waals surface area contributed by atoms with Gasteiger partial charge in [-0.25, -0.2) is 9.07 Å². The maximum atomic E-state index is 13.0. The minimum absolute atomic E-state index is 0.124. The van der Waals surface area contributed by atoms with Gasteiger partial charge in [-0.15, -0.1) is 0 Å². The van der Waals surface area contributed by atoms with Crippen LogP contribution in [0.1, 0.15) is 10.5 Å². The molecule has 1 aromatic heterocycles. The predicted octanol–water partition coefficient (Wildman–Crippen LogP) is 2.35. The van der Waals surface area contributed by atoms with E-state index < -0.39 is 48.8 Å². The van der Waals surface area contributed by atoms with Crippen LogP contribution in [0.3, 0.4) is 0 Å². The number of carbonyl (C=O) groups is 2. The van der Waals surface area contributed by atoms with Crippen LogP contribution in [0.5, 0.6) is 0 Å². The number of amides is 1. The highest BCUT2D eigenvalue weighted by molar-refractivity contribution is 5.93. The molecule has 1 amide bonds. The maximum Gasteiger partial charge on any atom is 0.394 e. The fourth-order valence-corrected chi connectivity index (χ4v) is 2.89. The minimum Gasteiger partial charge on any atom is -0.481 e. The summed E-state index contributed by atoms with van der Waals surface area (Å²) in [5.74, 6) is -6.67. The Kier molecular flexibility index (Phi) is 4.43. The Morgan fingerprint density at radius 3 is 2.31 bits per heavy atom. The number of rotatable bonds is 3. The number of carboxylic acids is 1. The third-order valence-electron chi connectivity index (χ3n) is 4.24. The first-order valence-corrected chi connectivity index (χ1v) is 7.57. The number of alkyl halides is 3. The van der Waals surface area contributed by atoms with Crippen LogP contribution >= 0.6 is 0 Å². The lowest BCUT2D eigenvalue weighted by atomic mass is 9.96. The number of aromatic nitrogens is 2. The summed E-state index contributed by atoms with van der Waals surface area (Å²) in [5.41, 5.74) is 0.338. The largest absolute Gasteiger partial charge is 0.481 e. The first-order valence-electron chi connectivity index (χ1n) is 7.57. The van der Waals surface area contributed by atoms with Gasteiger partial charge >= 0.3 is 12.1 Å².